The van der Waals surface area contributed by atoms with Crippen LogP contribution in [0.1, 0.15) is 54.7 Å². The first-order chi connectivity index (χ1) is 13.1. The number of pyridine rings is 2. The molecule has 4 aliphatic rings. The molecule has 2 atom stereocenters. The summed E-state index contributed by atoms with van der Waals surface area (Å²) >= 11 is 0. The Labute approximate surface area is 159 Å². The van der Waals surface area contributed by atoms with Crippen LogP contribution in [0.4, 0.5) is 0 Å². The first kappa shape index (κ1) is 16.5. The van der Waals surface area contributed by atoms with E-state index in [0.717, 1.165) is 37.8 Å². The van der Waals surface area contributed by atoms with Gasteiger partial charge in [-0.15, -0.1) is 0 Å². The lowest BCUT2D eigenvalue weighted by Gasteiger charge is -2.60. The number of carbonyl (C=O) groups is 1. The van der Waals surface area contributed by atoms with E-state index < -0.39 is 0 Å². The van der Waals surface area contributed by atoms with Crippen LogP contribution in [-0.4, -0.2) is 21.4 Å². The normalized spacial score (nSPS) is 33.2. The Kier molecular flexibility index (Phi) is 3.79. The maximum atomic E-state index is 12.8. The zero-order valence-corrected chi connectivity index (χ0v) is 15.3. The lowest BCUT2D eigenvalue weighted by molar-refractivity contribution is -0.0484. The second kappa shape index (κ2) is 6.20. The van der Waals surface area contributed by atoms with Crippen LogP contribution >= 0.6 is 0 Å². The lowest BCUT2D eigenvalue weighted by atomic mass is 9.47. The van der Waals surface area contributed by atoms with Gasteiger partial charge in [0.1, 0.15) is 11.4 Å². The van der Waals surface area contributed by atoms with Crippen LogP contribution in [0.2, 0.25) is 0 Å². The standard InChI is InChI=1S/C23H23N3O/c27-21(20-6-2-4-10-25-20)26-23-14-17-11-18(15-23)13-22(12-17,16-23)8-7-19-5-1-3-9-24-19/h1-6,9-10,17-18H,11-16H2,(H,26,27). The van der Waals surface area contributed by atoms with Gasteiger partial charge in [0.25, 0.3) is 5.91 Å². The van der Waals surface area contributed by atoms with Crippen molar-refractivity contribution in [1.82, 2.24) is 15.3 Å². The molecule has 27 heavy (non-hydrogen) atoms. The van der Waals surface area contributed by atoms with Crippen molar-refractivity contribution in [1.29, 1.82) is 0 Å². The van der Waals surface area contributed by atoms with Crippen molar-refractivity contribution < 1.29 is 4.79 Å². The van der Waals surface area contributed by atoms with Gasteiger partial charge in [-0.1, -0.05) is 18.1 Å². The second-order valence-electron chi connectivity index (χ2n) is 8.66. The van der Waals surface area contributed by atoms with E-state index in [1.165, 1.54) is 6.42 Å². The highest BCUT2D eigenvalue weighted by atomic mass is 16.2. The van der Waals surface area contributed by atoms with Crippen molar-refractivity contribution in [3.05, 3.63) is 60.2 Å². The van der Waals surface area contributed by atoms with E-state index in [9.17, 15) is 4.79 Å². The highest BCUT2D eigenvalue weighted by Gasteiger charge is 2.57. The van der Waals surface area contributed by atoms with Gasteiger partial charge in [0.2, 0.25) is 0 Å². The zero-order valence-electron chi connectivity index (χ0n) is 15.3. The Balaban J connectivity index is 1.42. The fourth-order valence-electron chi connectivity index (χ4n) is 5.99. The molecular weight excluding hydrogens is 334 g/mol. The fourth-order valence-corrected chi connectivity index (χ4v) is 5.99. The molecule has 2 aromatic rings. The van der Waals surface area contributed by atoms with Gasteiger partial charge < -0.3 is 5.32 Å². The van der Waals surface area contributed by atoms with Gasteiger partial charge in [-0.2, -0.15) is 0 Å². The van der Waals surface area contributed by atoms with Crippen molar-refractivity contribution in [3.8, 4) is 11.8 Å². The van der Waals surface area contributed by atoms with E-state index in [1.54, 1.807) is 18.5 Å². The molecule has 1 N–H and O–H groups in total. The molecule has 136 valence electrons. The predicted molar refractivity (Wildman–Crippen MR) is 103 cm³/mol. The lowest BCUT2D eigenvalue weighted by Crippen LogP contribution is -2.63. The summed E-state index contributed by atoms with van der Waals surface area (Å²) in [5.74, 6) is 8.19. The van der Waals surface area contributed by atoms with Crippen LogP contribution in [0.5, 0.6) is 0 Å². The number of carbonyl (C=O) groups excluding carboxylic acids is 1. The Morgan fingerprint density at radius 2 is 1.74 bits per heavy atom. The summed E-state index contributed by atoms with van der Waals surface area (Å²) in [4.78, 5) is 21.4. The minimum absolute atomic E-state index is 0.0129. The summed E-state index contributed by atoms with van der Waals surface area (Å²) in [7, 11) is 0. The highest BCUT2D eigenvalue weighted by Crippen LogP contribution is 2.61. The minimum Gasteiger partial charge on any atom is -0.345 e. The number of nitrogens with zero attached hydrogens (tertiary/aromatic N) is 2. The largest absolute Gasteiger partial charge is 0.345 e. The molecule has 2 heterocycles. The third kappa shape index (κ3) is 3.12. The Morgan fingerprint density at radius 1 is 1.00 bits per heavy atom. The van der Waals surface area contributed by atoms with Crippen molar-refractivity contribution in [2.45, 2.75) is 44.1 Å². The first-order valence-electron chi connectivity index (χ1n) is 9.82. The predicted octanol–water partition coefficient (Wildman–Crippen LogP) is 3.60. The molecule has 0 aromatic carbocycles. The Hall–Kier alpha value is -2.67. The monoisotopic (exact) mass is 357 g/mol. The van der Waals surface area contributed by atoms with E-state index in [2.05, 4.69) is 27.1 Å². The second-order valence-corrected chi connectivity index (χ2v) is 8.66. The molecule has 0 saturated heterocycles. The summed E-state index contributed by atoms with van der Waals surface area (Å²) in [6.07, 6.45) is 10.2. The molecule has 4 saturated carbocycles. The maximum Gasteiger partial charge on any atom is 0.270 e. The molecule has 0 spiro atoms. The van der Waals surface area contributed by atoms with Gasteiger partial charge in [-0.3, -0.25) is 9.78 Å². The topological polar surface area (TPSA) is 54.9 Å². The molecule has 1 amide bonds. The van der Waals surface area contributed by atoms with E-state index in [4.69, 9.17) is 0 Å². The molecule has 4 heteroatoms. The van der Waals surface area contributed by atoms with Crippen molar-refractivity contribution >= 4 is 5.91 Å². The van der Waals surface area contributed by atoms with Gasteiger partial charge in [-0.05, 0) is 80.5 Å². The maximum absolute atomic E-state index is 12.8. The number of nitrogens with one attached hydrogen (secondary N) is 1. The number of amides is 1. The van der Waals surface area contributed by atoms with Gasteiger partial charge in [0.15, 0.2) is 0 Å². The Bertz CT molecular complexity index is 899. The van der Waals surface area contributed by atoms with Gasteiger partial charge in [0, 0.05) is 23.3 Å². The average molecular weight is 357 g/mol. The molecule has 4 nitrogen and oxygen atoms in total. The molecule has 6 rings (SSSR count). The molecule has 0 aliphatic heterocycles. The minimum atomic E-state index is -0.127. The van der Waals surface area contributed by atoms with Crippen LogP contribution in [0.3, 0.4) is 0 Å². The van der Waals surface area contributed by atoms with Crippen LogP contribution in [0, 0.1) is 29.1 Å². The summed E-state index contributed by atoms with van der Waals surface area (Å²) in [5.41, 5.74) is 1.22. The molecule has 0 radical (unpaired) electrons. The molecule has 4 fully saturated rings. The summed E-state index contributed by atoms with van der Waals surface area (Å²) < 4.78 is 0. The van der Waals surface area contributed by atoms with Gasteiger partial charge >= 0.3 is 0 Å². The first-order valence-corrected chi connectivity index (χ1v) is 9.82. The van der Waals surface area contributed by atoms with Crippen molar-refractivity contribution in [2.75, 3.05) is 0 Å². The smallest absolute Gasteiger partial charge is 0.270 e. The zero-order chi connectivity index (χ0) is 18.3. The van der Waals surface area contributed by atoms with E-state index >= 15 is 0 Å². The van der Waals surface area contributed by atoms with Crippen LogP contribution in [-0.2, 0) is 0 Å². The molecule has 2 aromatic heterocycles. The third-order valence-corrected chi connectivity index (χ3v) is 6.46. The van der Waals surface area contributed by atoms with E-state index in [1.807, 2.05) is 30.3 Å². The number of aromatic nitrogens is 2. The van der Waals surface area contributed by atoms with Gasteiger partial charge in [0.05, 0.1) is 0 Å². The molecule has 2 unspecified atom stereocenters. The number of rotatable bonds is 2. The molecule has 4 bridgehead atoms. The van der Waals surface area contributed by atoms with Crippen LogP contribution in [0.25, 0.3) is 0 Å². The number of hydrogen-bond donors (Lipinski definition) is 1. The van der Waals surface area contributed by atoms with E-state index in [0.29, 0.717) is 17.5 Å². The van der Waals surface area contributed by atoms with Gasteiger partial charge in [-0.25, -0.2) is 4.98 Å². The van der Waals surface area contributed by atoms with Crippen molar-refractivity contribution in [3.63, 3.8) is 0 Å². The summed E-state index contributed by atoms with van der Waals surface area (Å²) in [6, 6.07) is 11.3. The van der Waals surface area contributed by atoms with Crippen LogP contribution in [0.15, 0.2) is 48.8 Å². The van der Waals surface area contributed by atoms with Crippen molar-refractivity contribution in [2.24, 2.45) is 17.3 Å². The summed E-state index contributed by atoms with van der Waals surface area (Å²) in [6.45, 7) is 0. The average Bonchev–Trinajstić information content (AvgIpc) is 2.67. The van der Waals surface area contributed by atoms with E-state index in [-0.39, 0.29) is 16.9 Å². The fraction of sp³-hybridized carbons (Fsp3) is 0.435. The molecule has 4 aliphatic carbocycles. The molecular formula is C23H23N3O. The number of hydrogen-bond acceptors (Lipinski definition) is 3. The highest BCUT2D eigenvalue weighted by molar-refractivity contribution is 5.92. The third-order valence-electron chi connectivity index (χ3n) is 6.46. The summed E-state index contributed by atoms with van der Waals surface area (Å²) in [5, 5.41) is 3.38. The quantitative estimate of drug-likeness (QED) is 0.836. The SMILES string of the molecule is O=C(NC12CC3CC(CC(C#Cc4ccccn4)(C3)C1)C2)c1ccccn1. The van der Waals surface area contributed by atoms with Crippen LogP contribution < -0.4 is 5.32 Å². The Morgan fingerprint density at radius 3 is 2.41 bits per heavy atom.